The van der Waals surface area contributed by atoms with Crippen molar-refractivity contribution in [2.75, 3.05) is 0 Å². The molecule has 3 aromatic rings. The van der Waals surface area contributed by atoms with Crippen LogP contribution in [0.1, 0.15) is 5.56 Å². The van der Waals surface area contributed by atoms with Gasteiger partial charge in [-0.2, -0.15) is 4.80 Å². The van der Waals surface area contributed by atoms with Gasteiger partial charge in [0.25, 0.3) is 0 Å². The molecule has 0 atom stereocenters. The third-order valence-electron chi connectivity index (χ3n) is 2.88. The molecule has 0 amide bonds. The molecule has 0 saturated heterocycles. The average molecular weight is 241 g/mol. The fourth-order valence-electron chi connectivity index (χ4n) is 1.86. The van der Waals surface area contributed by atoms with Crippen LogP contribution in [0.4, 0.5) is 0 Å². The molecule has 0 fully saturated rings. The van der Waals surface area contributed by atoms with Gasteiger partial charge < -0.3 is 10.2 Å². The minimum atomic E-state index is -0.145. The predicted molar refractivity (Wildman–Crippen MR) is 66.9 cm³/mol. The molecular formula is C13H11N3O2. The largest absolute Gasteiger partial charge is 0.504 e. The van der Waals surface area contributed by atoms with Gasteiger partial charge in [-0.15, -0.1) is 10.2 Å². The van der Waals surface area contributed by atoms with E-state index in [0.717, 1.165) is 11.0 Å². The summed E-state index contributed by atoms with van der Waals surface area (Å²) in [5.41, 5.74) is 2.74. The second-order valence-electron chi connectivity index (χ2n) is 4.06. The Morgan fingerprint density at radius 2 is 1.56 bits per heavy atom. The standard InChI is InChI=1S/C13H11N3O2/c1-8-11(6-7-12(17)13(8)18)16-14-9-4-2-3-5-10(9)15-16/h2-7,17-18H,1H3. The van der Waals surface area contributed by atoms with E-state index in [1.165, 1.54) is 10.9 Å². The van der Waals surface area contributed by atoms with Crippen LogP contribution in [0.2, 0.25) is 0 Å². The summed E-state index contributed by atoms with van der Waals surface area (Å²) in [7, 11) is 0. The fourth-order valence-corrected chi connectivity index (χ4v) is 1.86. The van der Waals surface area contributed by atoms with E-state index >= 15 is 0 Å². The summed E-state index contributed by atoms with van der Waals surface area (Å²) in [4.78, 5) is 1.46. The monoisotopic (exact) mass is 241 g/mol. The zero-order valence-corrected chi connectivity index (χ0v) is 9.70. The summed E-state index contributed by atoms with van der Waals surface area (Å²) in [6.07, 6.45) is 0. The highest BCUT2D eigenvalue weighted by molar-refractivity contribution is 5.73. The van der Waals surface area contributed by atoms with E-state index in [0.29, 0.717) is 11.3 Å². The van der Waals surface area contributed by atoms with E-state index < -0.39 is 0 Å². The summed E-state index contributed by atoms with van der Waals surface area (Å²) in [6, 6.07) is 10.6. The molecule has 0 unspecified atom stereocenters. The first-order chi connectivity index (χ1) is 8.66. The number of fused-ring (bicyclic) bond motifs is 1. The molecule has 2 N–H and O–H groups in total. The molecule has 1 heterocycles. The topological polar surface area (TPSA) is 71.2 Å². The van der Waals surface area contributed by atoms with Crippen LogP contribution in [0.3, 0.4) is 0 Å². The fraction of sp³-hybridized carbons (Fsp3) is 0.0769. The van der Waals surface area contributed by atoms with Crippen LogP contribution in [0.25, 0.3) is 16.7 Å². The van der Waals surface area contributed by atoms with Crippen molar-refractivity contribution < 1.29 is 10.2 Å². The molecular weight excluding hydrogens is 230 g/mol. The Kier molecular flexibility index (Phi) is 2.19. The zero-order valence-electron chi connectivity index (χ0n) is 9.70. The third-order valence-corrected chi connectivity index (χ3v) is 2.88. The van der Waals surface area contributed by atoms with Crippen LogP contribution in [0.5, 0.6) is 11.5 Å². The lowest BCUT2D eigenvalue weighted by atomic mass is 10.1. The van der Waals surface area contributed by atoms with Crippen LogP contribution in [-0.2, 0) is 0 Å². The van der Waals surface area contributed by atoms with E-state index in [1.807, 2.05) is 24.3 Å². The number of rotatable bonds is 1. The number of aromatic hydroxyl groups is 2. The first kappa shape index (κ1) is 10.6. The number of phenolic OH excluding ortho intramolecular Hbond substituents is 2. The molecule has 0 aliphatic heterocycles. The van der Waals surface area contributed by atoms with Gasteiger partial charge in [-0.3, -0.25) is 0 Å². The maximum absolute atomic E-state index is 9.70. The van der Waals surface area contributed by atoms with Gasteiger partial charge in [0.05, 0.1) is 5.69 Å². The van der Waals surface area contributed by atoms with Crippen molar-refractivity contribution in [3.63, 3.8) is 0 Å². The van der Waals surface area contributed by atoms with Gasteiger partial charge in [0, 0.05) is 5.56 Å². The van der Waals surface area contributed by atoms with Crippen LogP contribution >= 0.6 is 0 Å². The molecule has 0 spiro atoms. The number of aromatic nitrogens is 3. The Morgan fingerprint density at radius 1 is 0.944 bits per heavy atom. The minimum Gasteiger partial charge on any atom is -0.504 e. The molecule has 1 aromatic heterocycles. The highest BCUT2D eigenvalue weighted by Crippen LogP contribution is 2.32. The Hall–Kier alpha value is -2.56. The summed E-state index contributed by atoms with van der Waals surface area (Å²) < 4.78 is 0. The molecule has 5 heteroatoms. The van der Waals surface area contributed by atoms with E-state index in [1.54, 1.807) is 13.0 Å². The summed E-state index contributed by atoms with van der Waals surface area (Å²) in [6.45, 7) is 1.71. The second kappa shape index (κ2) is 3.73. The average Bonchev–Trinajstić information content (AvgIpc) is 2.79. The number of benzene rings is 2. The van der Waals surface area contributed by atoms with Crippen molar-refractivity contribution >= 4 is 11.0 Å². The van der Waals surface area contributed by atoms with Crippen molar-refractivity contribution in [3.8, 4) is 17.2 Å². The van der Waals surface area contributed by atoms with Gasteiger partial charge in [-0.25, -0.2) is 0 Å². The lowest BCUT2D eigenvalue weighted by molar-refractivity contribution is 0.400. The first-order valence-corrected chi connectivity index (χ1v) is 5.51. The Labute approximate surface area is 103 Å². The molecule has 0 bridgehead atoms. The van der Waals surface area contributed by atoms with Crippen molar-refractivity contribution in [1.82, 2.24) is 15.0 Å². The zero-order chi connectivity index (χ0) is 12.7. The van der Waals surface area contributed by atoms with Gasteiger partial charge in [-0.05, 0) is 31.2 Å². The number of hydrogen-bond donors (Lipinski definition) is 2. The summed E-state index contributed by atoms with van der Waals surface area (Å²) in [5.74, 6) is -0.290. The normalized spacial score (nSPS) is 10.9. The van der Waals surface area contributed by atoms with Crippen molar-refractivity contribution in [3.05, 3.63) is 42.0 Å². The van der Waals surface area contributed by atoms with Gasteiger partial charge in [0.2, 0.25) is 0 Å². The van der Waals surface area contributed by atoms with E-state index in [2.05, 4.69) is 10.2 Å². The lowest BCUT2D eigenvalue weighted by Gasteiger charge is -2.07. The van der Waals surface area contributed by atoms with Gasteiger partial charge in [-0.1, -0.05) is 12.1 Å². The Bertz CT molecular complexity index is 701. The molecule has 18 heavy (non-hydrogen) atoms. The highest BCUT2D eigenvalue weighted by Gasteiger charge is 2.12. The SMILES string of the molecule is Cc1c(-n2nc3ccccc3n2)ccc(O)c1O. The van der Waals surface area contributed by atoms with Crippen LogP contribution in [0.15, 0.2) is 36.4 Å². The third kappa shape index (κ3) is 1.48. The Balaban J connectivity index is 2.23. The van der Waals surface area contributed by atoms with Crippen LogP contribution < -0.4 is 0 Å². The minimum absolute atomic E-state index is 0.145. The van der Waals surface area contributed by atoms with Crippen molar-refractivity contribution in [1.29, 1.82) is 0 Å². The predicted octanol–water partition coefficient (Wildman–Crippen LogP) is 2.14. The number of hydrogen-bond acceptors (Lipinski definition) is 4. The molecule has 3 rings (SSSR count). The summed E-state index contributed by atoms with van der Waals surface area (Å²) >= 11 is 0. The van der Waals surface area contributed by atoms with E-state index in [4.69, 9.17) is 0 Å². The van der Waals surface area contributed by atoms with Gasteiger partial charge in [0.1, 0.15) is 11.0 Å². The van der Waals surface area contributed by atoms with E-state index in [9.17, 15) is 10.2 Å². The smallest absolute Gasteiger partial charge is 0.162 e. The highest BCUT2D eigenvalue weighted by atomic mass is 16.3. The van der Waals surface area contributed by atoms with Gasteiger partial charge >= 0.3 is 0 Å². The molecule has 0 radical (unpaired) electrons. The Morgan fingerprint density at radius 3 is 2.17 bits per heavy atom. The molecule has 0 saturated carbocycles. The molecule has 0 aliphatic carbocycles. The molecule has 90 valence electrons. The van der Waals surface area contributed by atoms with Crippen molar-refractivity contribution in [2.45, 2.75) is 6.92 Å². The van der Waals surface area contributed by atoms with Crippen LogP contribution in [-0.4, -0.2) is 25.2 Å². The van der Waals surface area contributed by atoms with E-state index in [-0.39, 0.29) is 11.5 Å². The summed E-state index contributed by atoms with van der Waals surface area (Å²) in [5, 5.41) is 27.8. The molecule has 5 nitrogen and oxygen atoms in total. The van der Waals surface area contributed by atoms with Crippen molar-refractivity contribution in [2.24, 2.45) is 0 Å². The maximum Gasteiger partial charge on any atom is 0.162 e. The second-order valence-corrected chi connectivity index (χ2v) is 4.06. The quantitative estimate of drug-likeness (QED) is 0.640. The lowest BCUT2D eigenvalue weighted by Crippen LogP contribution is -2.01. The van der Waals surface area contributed by atoms with Gasteiger partial charge in [0.15, 0.2) is 11.5 Å². The first-order valence-electron chi connectivity index (χ1n) is 5.51. The van der Waals surface area contributed by atoms with Crippen LogP contribution in [0, 0.1) is 6.92 Å². The molecule has 2 aromatic carbocycles. The maximum atomic E-state index is 9.70. The number of nitrogens with zero attached hydrogens (tertiary/aromatic N) is 3. The molecule has 0 aliphatic rings. The number of phenols is 2.